The van der Waals surface area contributed by atoms with Crippen LogP contribution < -0.4 is 5.32 Å². The Hall–Kier alpha value is -4.01. The van der Waals surface area contributed by atoms with Gasteiger partial charge in [-0.05, 0) is 17.2 Å². The molecule has 1 aromatic heterocycles. The number of non-ortho nitro benzene ring substituents is 1. The van der Waals surface area contributed by atoms with Crippen LogP contribution in [0.4, 0.5) is 5.69 Å². The number of benzene rings is 2. The Morgan fingerprint density at radius 1 is 1.14 bits per heavy atom. The van der Waals surface area contributed by atoms with Crippen LogP contribution in [-0.2, 0) is 17.8 Å². The fourth-order valence-corrected chi connectivity index (χ4v) is 2.72. The summed E-state index contributed by atoms with van der Waals surface area (Å²) in [7, 11) is 1.16. The standard InChI is InChI=1S/C20H18N4O5/c1-29-20(26)17-8-16(9-18(10-17)24(27)28)19(25)22-11-14-2-4-15(5-3-14)12-23-7-6-21-13-23/h2-10,13H,11-12H2,1H3,(H,22,25). The molecule has 0 fully saturated rings. The highest BCUT2D eigenvalue weighted by Crippen LogP contribution is 2.18. The molecular formula is C20H18N4O5. The number of rotatable bonds is 7. The van der Waals surface area contributed by atoms with Crippen LogP contribution in [0, 0.1) is 10.1 Å². The number of carbonyl (C=O) groups excluding carboxylic acids is 2. The zero-order chi connectivity index (χ0) is 20.8. The van der Waals surface area contributed by atoms with E-state index in [1.165, 1.54) is 6.07 Å². The Labute approximate surface area is 166 Å². The van der Waals surface area contributed by atoms with Crippen molar-refractivity contribution in [3.63, 3.8) is 0 Å². The van der Waals surface area contributed by atoms with E-state index in [0.717, 1.165) is 30.4 Å². The summed E-state index contributed by atoms with van der Waals surface area (Å²) in [6.07, 6.45) is 5.31. The summed E-state index contributed by atoms with van der Waals surface area (Å²) in [6.45, 7) is 0.928. The van der Waals surface area contributed by atoms with Crippen molar-refractivity contribution in [1.29, 1.82) is 0 Å². The number of nitro benzene ring substituents is 1. The van der Waals surface area contributed by atoms with Gasteiger partial charge in [0.15, 0.2) is 0 Å². The SMILES string of the molecule is COC(=O)c1cc(C(=O)NCc2ccc(Cn3ccnc3)cc2)cc([N+](=O)[O-])c1. The zero-order valence-electron chi connectivity index (χ0n) is 15.6. The second kappa shape index (κ2) is 8.79. The summed E-state index contributed by atoms with van der Waals surface area (Å²) >= 11 is 0. The first-order valence-corrected chi connectivity index (χ1v) is 8.66. The van der Waals surface area contributed by atoms with Crippen LogP contribution >= 0.6 is 0 Å². The molecule has 29 heavy (non-hydrogen) atoms. The van der Waals surface area contributed by atoms with Gasteiger partial charge < -0.3 is 14.6 Å². The molecule has 1 N–H and O–H groups in total. The smallest absolute Gasteiger partial charge is 0.338 e. The number of nitro groups is 1. The van der Waals surface area contributed by atoms with E-state index >= 15 is 0 Å². The second-order valence-electron chi connectivity index (χ2n) is 6.25. The highest BCUT2D eigenvalue weighted by molar-refractivity contribution is 5.98. The van der Waals surface area contributed by atoms with E-state index in [0.29, 0.717) is 6.54 Å². The van der Waals surface area contributed by atoms with Crippen LogP contribution in [0.15, 0.2) is 61.2 Å². The molecule has 0 aliphatic heterocycles. The number of aromatic nitrogens is 2. The quantitative estimate of drug-likeness (QED) is 0.374. The maximum Gasteiger partial charge on any atom is 0.338 e. The molecule has 1 amide bonds. The second-order valence-corrected chi connectivity index (χ2v) is 6.25. The Balaban J connectivity index is 1.67. The van der Waals surface area contributed by atoms with Crippen LogP contribution in [-0.4, -0.2) is 33.5 Å². The molecular weight excluding hydrogens is 376 g/mol. The molecule has 0 saturated heterocycles. The van der Waals surface area contributed by atoms with Crippen molar-refractivity contribution in [3.8, 4) is 0 Å². The molecule has 9 heteroatoms. The van der Waals surface area contributed by atoms with Gasteiger partial charge in [0.25, 0.3) is 11.6 Å². The summed E-state index contributed by atoms with van der Waals surface area (Å²) in [5.41, 5.74) is 1.54. The number of hydrogen-bond acceptors (Lipinski definition) is 6. The summed E-state index contributed by atoms with van der Waals surface area (Å²) < 4.78 is 6.53. The lowest BCUT2D eigenvalue weighted by atomic mass is 10.1. The van der Waals surface area contributed by atoms with Crippen molar-refractivity contribution in [2.24, 2.45) is 0 Å². The summed E-state index contributed by atoms with van der Waals surface area (Å²) in [4.78, 5) is 38.6. The van der Waals surface area contributed by atoms with Gasteiger partial charge in [-0.1, -0.05) is 24.3 Å². The van der Waals surface area contributed by atoms with E-state index in [-0.39, 0.29) is 23.4 Å². The molecule has 0 radical (unpaired) electrons. The highest BCUT2D eigenvalue weighted by Gasteiger charge is 2.18. The summed E-state index contributed by atoms with van der Waals surface area (Å²) in [6, 6.07) is 11.1. The van der Waals surface area contributed by atoms with Gasteiger partial charge in [-0.15, -0.1) is 0 Å². The van der Waals surface area contributed by atoms with E-state index in [1.807, 2.05) is 35.0 Å². The van der Waals surface area contributed by atoms with Crippen LogP contribution in [0.3, 0.4) is 0 Å². The van der Waals surface area contributed by atoms with Gasteiger partial charge in [0.2, 0.25) is 0 Å². The Morgan fingerprint density at radius 3 is 2.45 bits per heavy atom. The topological polar surface area (TPSA) is 116 Å². The van der Waals surface area contributed by atoms with Crippen molar-refractivity contribution < 1.29 is 19.2 Å². The van der Waals surface area contributed by atoms with Crippen LogP contribution in [0.25, 0.3) is 0 Å². The van der Waals surface area contributed by atoms with Gasteiger partial charge in [-0.2, -0.15) is 0 Å². The molecule has 3 rings (SSSR count). The van der Waals surface area contributed by atoms with Gasteiger partial charge in [0.1, 0.15) is 0 Å². The molecule has 9 nitrogen and oxygen atoms in total. The summed E-state index contributed by atoms with van der Waals surface area (Å²) in [5.74, 6) is -1.28. The fraction of sp³-hybridized carbons (Fsp3) is 0.150. The molecule has 0 bridgehead atoms. The van der Waals surface area contributed by atoms with Crippen molar-refractivity contribution in [2.45, 2.75) is 13.1 Å². The monoisotopic (exact) mass is 394 g/mol. The number of nitrogens with one attached hydrogen (secondary N) is 1. The van der Waals surface area contributed by atoms with Crippen molar-refractivity contribution >= 4 is 17.6 Å². The van der Waals surface area contributed by atoms with Crippen LogP contribution in [0.2, 0.25) is 0 Å². The number of methoxy groups -OCH3 is 1. The largest absolute Gasteiger partial charge is 0.465 e. The molecule has 0 atom stereocenters. The average molecular weight is 394 g/mol. The molecule has 148 valence electrons. The average Bonchev–Trinajstić information content (AvgIpc) is 3.25. The molecule has 3 aromatic rings. The number of carbonyl (C=O) groups is 2. The number of imidazole rings is 1. The molecule has 0 aliphatic rings. The lowest BCUT2D eigenvalue weighted by molar-refractivity contribution is -0.384. The third-order valence-electron chi connectivity index (χ3n) is 4.21. The normalized spacial score (nSPS) is 10.4. The minimum Gasteiger partial charge on any atom is -0.465 e. The van der Waals surface area contributed by atoms with Crippen molar-refractivity contribution in [3.05, 3.63) is 93.6 Å². The fourth-order valence-electron chi connectivity index (χ4n) is 2.72. The van der Waals surface area contributed by atoms with Gasteiger partial charge in [-0.3, -0.25) is 14.9 Å². The molecule has 2 aromatic carbocycles. The lowest BCUT2D eigenvalue weighted by Crippen LogP contribution is -2.23. The third kappa shape index (κ3) is 5.04. The van der Waals surface area contributed by atoms with Gasteiger partial charge in [0, 0.05) is 43.2 Å². The first-order valence-electron chi connectivity index (χ1n) is 8.66. The van der Waals surface area contributed by atoms with Crippen LogP contribution in [0.1, 0.15) is 31.8 Å². The number of esters is 1. The van der Waals surface area contributed by atoms with E-state index in [2.05, 4.69) is 15.0 Å². The van der Waals surface area contributed by atoms with E-state index in [9.17, 15) is 19.7 Å². The first kappa shape index (κ1) is 19.7. The minimum absolute atomic E-state index is 0.0105. The van der Waals surface area contributed by atoms with Gasteiger partial charge in [0.05, 0.1) is 23.9 Å². The van der Waals surface area contributed by atoms with E-state index in [4.69, 9.17) is 0 Å². The molecule has 0 spiro atoms. The Kier molecular flexibility index (Phi) is 5.98. The van der Waals surface area contributed by atoms with E-state index in [1.54, 1.807) is 12.5 Å². The Bertz CT molecular complexity index is 1030. The minimum atomic E-state index is -0.753. The highest BCUT2D eigenvalue weighted by atomic mass is 16.6. The van der Waals surface area contributed by atoms with Crippen molar-refractivity contribution in [1.82, 2.24) is 14.9 Å². The van der Waals surface area contributed by atoms with Crippen molar-refractivity contribution in [2.75, 3.05) is 7.11 Å². The predicted molar refractivity (Wildman–Crippen MR) is 103 cm³/mol. The molecule has 0 saturated carbocycles. The maximum atomic E-state index is 12.4. The molecule has 0 unspecified atom stereocenters. The number of ether oxygens (including phenoxy) is 1. The third-order valence-corrected chi connectivity index (χ3v) is 4.21. The molecule has 1 heterocycles. The number of hydrogen-bond donors (Lipinski definition) is 1. The van der Waals surface area contributed by atoms with Crippen LogP contribution in [0.5, 0.6) is 0 Å². The summed E-state index contributed by atoms with van der Waals surface area (Å²) in [5, 5.41) is 13.8. The predicted octanol–water partition coefficient (Wildman–Crippen LogP) is 2.56. The van der Waals surface area contributed by atoms with E-state index < -0.39 is 16.8 Å². The maximum absolute atomic E-state index is 12.4. The number of nitrogens with zero attached hydrogens (tertiary/aromatic N) is 3. The van der Waals surface area contributed by atoms with Gasteiger partial charge >= 0.3 is 5.97 Å². The van der Waals surface area contributed by atoms with Gasteiger partial charge in [-0.25, -0.2) is 9.78 Å². The first-order chi connectivity index (χ1) is 14.0. The molecule has 0 aliphatic carbocycles. The number of amides is 1. The Morgan fingerprint density at radius 2 is 1.83 bits per heavy atom. The zero-order valence-corrected chi connectivity index (χ0v) is 15.6. The lowest BCUT2D eigenvalue weighted by Gasteiger charge is -2.08.